The second-order valence-electron chi connectivity index (χ2n) is 3.91. The van der Waals surface area contributed by atoms with Gasteiger partial charge in [-0.2, -0.15) is 0 Å². The third kappa shape index (κ3) is 2.81. The van der Waals surface area contributed by atoms with Crippen molar-refractivity contribution in [3.63, 3.8) is 0 Å². The molecule has 1 aliphatic rings. The lowest BCUT2D eigenvalue weighted by Crippen LogP contribution is -2.07. The summed E-state index contributed by atoms with van der Waals surface area (Å²) in [6.45, 7) is 1.33. The molecule has 0 unspecified atom stereocenters. The molecular weight excluding hydrogens is 226 g/mol. The van der Waals surface area contributed by atoms with Crippen LogP contribution in [0.3, 0.4) is 0 Å². The Balaban J connectivity index is 0.000000136. The first kappa shape index (κ1) is 12.5. The quantitative estimate of drug-likeness (QED) is 0.882. The van der Waals surface area contributed by atoms with Crippen LogP contribution in [0.1, 0.15) is 11.1 Å². The average molecular weight is 243 g/mol. The maximum Gasteiger partial charge on any atom is 0.126 e. The third-order valence-corrected chi connectivity index (χ3v) is 2.77. The van der Waals surface area contributed by atoms with Gasteiger partial charge in [-0.15, -0.1) is 0 Å². The fraction of sp³-hybridized carbons (Fsp3) is 0.200. The summed E-state index contributed by atoms with van der Waals surface area (Å²) in [6.07, 6.45) is 0. The zero-order chi connectivity index (χ0) is 12.8. The molecule has 0 amide bonds. The van der Waals surface area contributed by atoms with Crippen molar-refractivity contribution >= 4 is 0 Å². The van der Waals surface area contributed by atoms with Crippen LogP contribution in [-0.2, 0) is 13.2 Å². The lowest BCUT2D eigenvalue weighted by Gasteiger charge is -2.18. The molecule has 2 aromatic rings. The number of methoxy groups -OCH3 is 1. The molecule has 0 bridgehead atoms. The van der Waals surface area contributed by atoms with Gasteiger partial charge < -0.3 is 15.2 Å². The van der Waals surface area contributed by atoms with E-state index >= 15 is 0 Å². The van der Waals surface area contributed by atoms with Gasteiger partial charge in [-0.25, -0.2) is 0 Å². The number of benzene rings is 2. The van der Waals surface area contributed by atoms with E-state index in [-0.39, 0.29) is 0 Å². The van der Waals surface area contributed by atoms with Crippen molar-refractivity contribution in [2.24, 2.45) is 5.73 Å². The van der Waals surface area contributed by atoms with Crippen LogP contribution < -0.4 is 15.2 Å². The standard InChI is InChI=1S/C8H11NO.C7H6O/c1-10-8-5-3-2-4-7(8)6-9;1-2-4-7-6(3-1)5-8-7/h2-5H,6,9H2,1H3;1-4H,5H2. The number of hydrogen-bond acceptors (Lipinski definition) is 3. The highest BCUT2D eigenvalue weighted by Crippen LogP contribution is 2.27. The van der Waals surface area contributed by atoms with Crippen molar-refractivity contribution in [3.8, 4) is 11.5 Å². The van der Waals surface area contributed by atoms with E-state index < -0.39 is 0 Å². The van der Waals surface area contributed by atoms with Crippen molar-refractivity contribution in [1.29, 1.82) is 0 Å². The molecule has 3 heteroatoms. The second kappa shape index (κ2) is 6.07. The summed E-state index contributed by atoms with van der Waals surface area (Å²) in [5.74, 6) is 1.91. The summed E-state index contributed by atoms with van der Waals surface area (Å²) in [5, 5.41) is 0. The van der Waals surface area contributed by atoms with Gasteiger partial charge in [-0.05, 0) is 12.1 Å². The second-order valence-corrected chi connectivity index (χ2v) is 3.91. The first-order chi connectivity index (χ1) is 8.85. The van der Waals surface area contributed by atoms with Crippen LogP contribution in [0.5, 0.6) is 11.5 Å². The summed E-state index contributed by atoms with van der Waals surface area (Å²) >= 11 is 0. The number of nitrogens with two attached hydrogens (primary N) is 1. The fourth-order valence-corrected chi connectivity index (χ4v) is 1.71. The summed E-state index contributed by atoms with van der Waals surface area (Å²) in [5.41, 5.74) is 7.82. The molecule has 0 aromatic heterocycles. The monoisotopic (exact) mass is 243 g/mol. The number of ether oxygens (including phenoxy) is 2. The molecule has 2 N–H and O–H groups in total. The van der Waals surface area contributed by atoms with Crippen LogP contribution >= 0.6 is 0 Å². The molecule has 3 rings (SSSR count). The smallest absolute Gasteiger partial charge is 0.126 e. The maximum absolute atomic E-state index is 5.45. The zero-order valence-corrected chi connectivity index (χ0v) is 10.4. The normalized spacial score (nSPS) is 11.2. The Bertz CT molecular complexity index is 465. The van der Waals surface area contributed by atoms with E-state index in [1.54, 1.807) is 7.11 Å². The molecule has 0 spiro atoms. The summed E-state index contributed by atoms with van der Waals surface area (Å²) in [7, 11) is 1.65. The molecule has 0 atom stereocenters. The van der Waals surface area contributed by atoms with Crippen LogP contribution in [0.15, 0.2) is 48.5 Å². The molecule has 3 nitrogen and oxygen atoms in total. The Kier molecular flexibility index (Phi) is 4.20. The molecule has 0 radical (unpaired) electrons. The molecule has 1 aliphatic heterocycles. The highest BCUT2D eigenvalue weighted by molar-refractivity contribution is 5.37. The Morgan fingerprint density at radius 3 is 2.28 bits per heavy atom. The molecule has 0 aliphatic carbocycles. The van der Waals surface area contributed by atoms with Crippen LogP contribution in [0.2, 0.25) is 0 Å². The van der Waals surface area contributed by atoms with E-state index in [0.29, 0.717) is 6.54 Å². The minimum atomic E-state index is 0.532. The van der Waals surface area contributed by atoms with Gasteiger partial charge in [0.1, 0.15) is 18.1 Å². The molecule has 0 saturated heterocycles. The predicted octanol–water partition coefficient (Wildman–Crippen LogP) is 2.73. The molecule has 94 valence electrons. The summed E-state index contributed by atoms with van der Waals surface area (Å²) in [4.78, 5) is 0. The Labute approximate surface area is 107 Å². The number of hydrogen-bond donors (Lipinski definition) is 1. The summed E-state index contributed by atoms with van der Waals surface area (Å²) in [6, 6.07) is 15.8. The van der Waals surface area contributed by atoms with Crippen molar-refractivity contribution in [2.75, 3.05) is 7.11 Å². The van der Waals surface area contributed by atoms with Crippen LogP contribution in [0.25, 0.3) is 0 Å². The SMILES string of the molecule is COc1ccccc1CN.c1ccc2c(c1)CO2. The molecule has 1 heterocycles. The first-order valence-corrected chi connectivity index (χ1v) is 5.88. The molecule has 0 saturated carbocycles. The highest BCUT2D eigenvalue weighted by Gasteiger charge is 2.10. The van der Waals surface area contributed by atoms with Crippen LogP contribution in [0, 0.1) is 0 Å². The topological polar surface area (TPSA) is 44.5 Å². The van der Waals surface area contributed by atoms with Gasteiger partial charge in [0.25, 0.3) is 0 Å². The van der Waals surface area contributed by atoms with Crippen molar-refractivity contribution in [3.05, 3.63) is 59.7 Å². The van der Waals surface area contributed by atoms with E-state index in [9.17, 15) is 0 Å². The zero-order valence-electron chi connectivity index (χ0n) is 10.4. The predicted molar refractivity (Wildman–Crippen MR) is 71.7 cm³/mol. The number of rotatable bonds is 2. The van der Waals surface area contributed by atoms with E-state index in [0.717, 1.165) is 23.7 Å². The van der Waals surface area contributed by atoms with Gasteiger partial charge >= 0.3 is 0 Å². The highest BCUT2D eigenvalue weighted by atomic mass is 16.5. The lowest BCUT2D eigenvalue weighted by atomic mass is 10.1. The lowest BCUT2D eigenvalue weighted by molar-refractivity contribution is 0.243. The van der Waals surface area contributed by atoms with Crippen molar-refractivity contribution in [2.45, 2.75) is 13.2 Å². The van der Waals surface area contributed by atoms with Gasteiger partial charge in [0.15, 0.2) is 0 Å². The van der Waals surface area contributed by atoms with E-state index in [4.69, 9.17) is 15.2 Å². The van der Waals surface area contributed by atoms with Crippen LogP contribution in [0.4, 0.5) is 0 Å². The van der Waals surface area contributed by atoms with Gasteiger partial charge in [0.2, 0.25) is 0 Å². The van der Waals surface area contributed by atoms with Crippen molar-refractivity contribution < 1.29 is 9.47 Å². The molecule has 18 heavy (non-hydrogen) atoms. The molecule has 2 aromatic carbocycles. The van der Waals surface area contributed by atoms with E-state index in [2.05, 4.69) is 6.07 Å². The minimum absolute atomic E-state index is 0.532. The Hall–Kier alpha value is -2.00. The van der Waals surface area contributed by atoms with E-state index in [1.807, 2.05) is 42.5 Å². The largest absolute Gasteiger partial charge is 0.496 e. The molecular formula is C15H17NO2. The fourth-order valence-electron chi connectivity index (χ4n) is 1.71. The van der Waals surface area contributed by atoms with Gasteiger partial charge in [-0.1, -0.05) is 36.4 Å². The first-order valence-electron chi connectivity index (χ1n) is 5.88. The maximum atomic E-state index is 5.45. The number of fused-ring (bicyclic) bond motifs is 1. The van der Waals surface area contributed by atoms with Crippen molar-refractivity contribution in [1.82, 2.24) is 0 Å². The third-order valence-electron chi connectivity index (χ3n) is 2.77. The van der Waals surface area contributed by atoms with Gasteiger partial charge in [0.05, 0.1) is 7.11 Å². The summed E-state index contributed by atoms with van der Waals surface area (Å²) < 4.78 is 10.1. The van der Waals surface area contributed by atoms with E-state index in [1.165, 1.54) is 5.56 Å². The number of para-hydroxylation sites is 2. The Morgan fingerprint density at radius 2 is 1.83 bits per heavy atom. The Morgan fingerprint density at radius 1 is 1.11 bits per heavy atom. The molecule has 0 fully saturated rings. The minimum Gasteiger partial charge on any atom is -0.496 e. The van der Waals surface area contributed by atoms with Crippen LogP contribution in [-0.4, -0.2) is 7.11 Å². The van der Waals surface area contributed by atoms with Gasteiger partial charge in [0, 0.05) is 17.7 Å². The average Bonchev–Trinajstić information content (AvgIpc) is 2.41. The van der Waals surface area contributed by atoms with Gasteiger partial charge in [-0.3, -0.25) is 0 Å².